The molecule has 16 heavy (non-hydrogen) atoms. The van der Waals surface area contributed by atoms with Gasteiger partial charge in [0.2, 0.25) is 0 Å². The third kappa shape index (κ3) is 1.52. The van der Waals surface area contributed by atoms with Gasteiger partial charge in [-0.1, -0.05) is 24.3 Å². The number of aliphatic hydroxyl groups excluding tert-OH is 1. The van der Waals surface area contributed by atoms with Crippen LogP contribution in [0.5, 0.6) is 5.75 Å². The van der Waals surface area contributed by atoms with E-state index in [1.165, 1.54) is 5.56 Å². The number of hydrogen-bond donors (Lipinski definition) is 1. The van der Waals surface area contributed by atoms with E-state index in [1.54, 1.807) is 11.3 Å². The molecule has 0 saturated heterocycles. The van der Waals surface area contributed by atoms with Crippen LogP contribution in [0, 0.1) is 0 Å². The van der Waals surface area contributed by atoms with E-state index < -0.39 is 6.10 Å². The Kier molecular flexibility index (Phi) is 2.42. The average Bonchev–Trinajstić information content (AvgIpc) is 2.98. The molecule has 1 atom stereocenters. The van der Waals surface area contributed by atoms with E-state index in [0.29, 0.717) is 0 Å². The number of hydrogen-bond acceptors (Lipinski definition) is 3. The first-order valence-corrected chi connectivity index (χ1v) is 6.20. The zero-order chi connectivity index (χ0) is 11.0. The number of para-hydroxylation sites is 1. The normalized spacial score (nSPS) is 15.6. The van der Waals surface area contributed by atoms with Gasteiger partial charge in [0.15, 0.2) is 0 Å². The van der Waals surface area contributed by atoms with Crippen LogP contribution >= 0.6 is 11.3 Å². The van der Waals surface area contributed by atoms with Crippen LogP contribution in [-0.2, 0) is 6.42 Å². The lowest BCUT2D eigenvalue weighted by Gasteiger charge is -2.12. The second-order valence-corrected chi connectivity index (χ2v) is 4.83. The smallest absolute Gasteiger partial charge is 0.128 e. The maximum Gasteiger partial charge on any atom is 0.128 e. The molecule has 2 nitrogen and oxygen atoms in total. The molecule has 0 aliphatic carbocycles. The van der Waals surface area contributed by atoms with E-state index in [9.17, 15) is 5.11 Å². The summed E-state index contributed by atoms with van der Waals surface area (Å²) in [6.45, 7) is 0.726. The summed E-state index contributed by atoms with van der Waals surface area (Å²) in [5.74, 6) is 0.878. The Morgan fingerprint density at radius 1 is 1.25 bits per heavy atom. The maximum atomic E-state index is 10.3. The van der Waals surface area contributed by atoms with Gasteiger partial charge in [-0.15, -0.1) is 11.3 Å². The topological polar surface area (TPSA) is 29.5 Å². The zero-order valence-corrected chi connectivity index (χ0v) is 9.54. The number of fused-ring (bicyclic) bond motifs is 1. The fraction of sp³-hybridized carbons (Fsp3) is 0.231. The van der Waals surface area contributed by atoms with Crippen molar-refractivity contribution in [1.29, 1.82) is 0 Å². The van der Waals surface area contributed by atoms with Crippen molar-refractivity contribution in [1.82, 2.24) is 0 Å². The molecule has 3 heteroatoms. The van der Waals surface area contributed by atoms with Gasteiger partial charge in [-0.05, 0) is 17.0 Å². The summed E-state index contributed by atoms with van der Waals surface area (Å²) in [5, 5.41) is 12.3. The van der Waals surface area contributed by atoms with Gasteiger partial charge in [-0.25, -0.2) is 0 Å². The van der Waals surface area contributed by atoms with Crippen LogP contribution in [0.25, 0.3) is 0 Å². The lowest BCUT2D eigenvalue weighted by atomic mass is 10.0. The quantitative estimate of drug-likeness (QED) is 0.862. The Hall–Kier alpha value is -1.32. The van der Waals surface area contributed by atoms with Crippen LogP contribution in [-0.4, -0.2) is 11.7 Å². The molecule has 1 aromatic carbocycles. The summed E-state index contributed by atoms with van der Waals surface area (Å²) in [6.07, 6.45) is 0.383. The van der Waals surface area contributed by atoms with Crippen molar-refractivity contribution in [2.75, 3.05) is 6.61 Å². The lowest BCUT2D eigenvalue weighted by molar-refractivity contribution is 0.217. The minimum atomic E-state index is -0.562. The van der Waals surface area contributed by atoms with Crippen molar-refractivity contribution in [3.8, 4) is 5.75 Å². The number of thiophene rings is 1. The summed E-state index contributed by atoms with van der Waals surface area (Å²) in [7, 11) is 0. The van der Waals surface area contributed by atoms with E-state index in [2.05, 4.69) is 6.07 Å². The van der Waals surface area contributed by atoms with Crippen LogP contribution in [0.15, 0.2) is 35.7 Å². The molecular formula is C13H12O2S. The molecule has 0 saturated carbocycles. The molecule has 1 unspecified atom stereocenters. The Balaban J connectivity index is 2.04. The lowest BCUT2D eigenvalue weighted by Crippen LogP contribution is -2.00. The minimum absolute atomic E-state index is 0.562. The SMILES string of the molecule is OC(c1cccs1)c1cccc2c1OCC2. The van der Waals surface area contributed by atoms with Crippen molar-refractivity contribution >= 4 is 11.3 Å². The highest BCUT2D eigenvalue weighted by molar-refractivity contribution is 7.10. The average molecular weight is 232 g/mol. The van der Waals surface area contributed by atoms with Crippen molar-refractivity contribution < 1.29 is 9.84 Å². The number of rotatable bonds is 2. The first-order valence-electron chi connectivity index (χ1n) is 5.32. The third-order valence-corrected chi connectivity index (χ3v) is 3.78. The molecular weight excluding hydrogens is 220 g/mol. The van der Waals surface area contributed by atoms with Gasteiger partial charge in [-0.2, -0.15) is 0 Å². The van der Waals surface area contributed by atoms with Crippen LogP contribution < -0.4 is 4.74 Å². The molecule has 2 aromatic rings. The Morgan fingerprint density at radius 2 is 2.19 bits per heavy atom. The van der Waals surface area contributed by atoms with Crippen LogP contribution in [0.3, 0.4) is 0 Å². The van der Waals surface area contributed by atoms with Crippen molar-refractivity contribution in [3.63, 3.8) is 0 Å². The van der Waals surface area contributed by atoms with E-state index in [-0.39, 0.29) is 0 Å². The molecule has 0 amide bonds. The highest BCUT2D eigenvalue weighted by Crippen LogP contribution is 2.37. The third-order valence-electron chi connectivity index (χ3n) is 2.85. The van der Waals surface area contributed by atoms with Gasteiger partial charge >= 0.3 is 0 Å². The van der Waals surface area contributed by atoms with E-state index in [1.807, 2.05) is 29.6 Å². The molecule has 1 aliphatic rings. The van der Waals surface area contributed by atoms with Crippen molar-refractivity contribution in [2.24, 2.45) is 0 Å². The van der Waals surface area contributed by atoms with Gasteiger partial charge < -0.3 is 9.84 Å². The van der Waals surface area contributed by atoms with Gasteiger partial charge in [-0.3, -0.25) is 0 Å². The zero-order valence-electron chi connectivity index (χ0n) is 8.72. The highest BCUT2D eigenvalue weighted by atomic mass is 32.1. The molecule has 0 bridgehead atoms. The predicted molar refractivity (Wildman–Crippen MR) is 64.0 cm³/mol. The van der Waals surface area contributed by atoms with Gasteiger partial charge in [0.1, 0.15) is 11.9 Å². The summed E-state index contributed by atoms with van der Waals surface area (Å²) in [4.78, 5) is 0.962. The van der Waals surface area contributed by atoms with Gasteiger partial charge in [0.25, 0.3) is 0 Å². The number of ether oxygens (including phenoxy) is 1. The molecule has 3 rings (SSSR count). The largest absolute Gasteiger partial charge is 0.493 e. The van der Waals surface area contributed by atoms with Crippen LogP contribution in [0.4, 0.5) is 0 Å². The Bertz CT molecular complexity index is 491. The van der Waals surface area contributed by atoms with Crippen molar-refractivity contribution in [2.45, 2.75) is 12.5 Å². The molecule has 82 valence electrons. The number of benzene rings is 1. The summed E-state index contributed by atoms with van der Waals surface area (Å²) in [6, 6.07) is 9.89. The Labute approximate surface area is 98.1 Å². The molecule has 0 radical (unpaired) electrons. The van der Waals surface area contributed by atoms with Crippen LogP contribution in [0.1, 0.15) is 22.1 Å². The van der Waals surface area contributed by atoms with E-state index >= 15 is 0 Å². The van der Waals surface area contributed by atoms with Crippen molar-refractivity contribution in [3.05, 3.63) is 51.7 Å². The van der Waals surface area contributed by atoms with Crippen LogP contribution in [0.2, 0.25) is 0 Å². The molecule has 1 aliphatic heterocycles. The Morgan fingerprint density at radius 3 is 3.00 bits per heavy atom. The second kappa shape index (κ2) is 3.92. The minimum Gasteiger partial charge on any atom is -0.493 e. The number of aliphatic hydroxyl groups is 1. The maximum absolute atomic E-state index is 10.3. The van der Waals surface area contributed by atoms with Gasteiger partial charge in [0, 0.05) is 16.9 Å². The molecule has 1 N–H and O–H groups in total. The molecule has 1 aromatic heterocycles. The highest BCUT2D eigenvalue weighted by Gasteiger charge is 2.21. The van der Waals surface area contributed by atoms with E-state index in [0.717, 1.165) is 29.2 Å². The molecule has 2 heterocycles. The fourth-order valence-electron chi connectivity index (χ4n) is 2.06. The molecule has 0 spiro atoms. The monoisotopic (exact) mass is 232 g/mol. The van der Waals surface area contributed by atoms with Gasteiger partial charge in [0.05, 0.1) is 6.61 Å². The first-order chi connectivity index (χ1) is 7.86. The first kappa shape index (κ1) is 9.87. The standard InChI is InChI=1S/C13H12O2S/c14-12(11-5-2-8-16-11)10-4-1-3-9-6-7-15-13(9)10/h1-5,8,12,14H,6-7H2. The second-order valence-electron chi connectivity index (χ2n) is 3.85. The molecule has 0 fully saturated rings. The summed E-state index contributed by atoms with van der Waals surface area (Å²) >= 11 is 1.57. The summed E-state index contributed by atoms with van der Waals surface area (Å²) < 4.78 is 5.59. The predicted octanol–water partition coefficient (Wildman–Crippen LogP) is 2.76. The van der Waals surface area contributed by atoms with E-state index in [4.69, 9.17) is 4.74 Å². The fourth-order valence-corrected chi connectivity index (χ4v) is 2.78. The summed E-state index contributed by atoms with van der Waals surface area (Å²) in [5.41, 5.74) is 2.09.